The molecule has 2 N–H and O–H groups in total. The predicted molar refractivity (Wildman–Crippen MR) is 99.8 cm³/mol. The van der Waals surface area contributed by atoms with E-state index < -0.39 is 29.1 Å². The molecular formula is C18H21BrClNO4. The molecule has 0 aliphatic heterocycles. The summed E-state index contributed by atoms with van der Waals surface area (Å²) in [6.07, 6.45) is 1.77. The molecule has 1 aromatic rings. The van der Waals surface area contributed by atoms with Crippen LogP contribution in [0.2, 0.25) is 5.02 Å². The fourth-order valence-electron chi connectivity index (χ4n) is 3.20. The summed E-state index contributed by atoms with van der Waals surface area (Å²) in [5, 5.41) is 13.2. The van der Waals surface area contributed by atoms with Crippen molar-refractivity contribution in [2.45, 2.75) is 44.8 Å². The van der Waals surface area contributed by atoms with Crippen LogP contribution in [0.25, 0.3) is 0 Å². The highest BCUT2D eigenvalue weighted by Gasteiger charge is 2.54. The lowest BCUT2D eigenvalue weighted by atomic mass is 9.81. The minimum absolute atomic E-state index is 0.393. The lowest BCUT2D eigenvalue weighted by Crippen LogP contribution is -2.55. The maximum atomic E-state index is 12.4. The standard InChI is InChI=1S/C18H21BrClNO4/c1-5-6-11-7-10-8-14(20)13(19)9-12(10)18(11,15(22)23)21-16(24)25-17(2,3)4/h5,8-9,11H,1,6-7H2,2-4H3,(H,21,24)(H,22,23)/t11-,18+/m0/s1. The van der Waals surface area contributed by atoms with Gasteiger partial charge in [-0.1, -0.05) is 17.7 Å². The van der Waals surface area contributed by atoms with Crippen LogP contribution in [-0.2, 0) is 21.5 Å². The zero-order chi connectivity index (χ0) is 19.0. The van der Waals surface area contributed by atoms with E-state index in [1.807, 2.05) is 0 Å². The molecule has 0 unspecified atom stereocenters. The van der Waals surface area contributed by atoms with Crippen molar-refractivity contribution in [1.29, 1.82) is 0 Å². The number of carboxylic acid groups (broad SMARTS) is 1. The van der Waals surface area contributed by atoms with Gasteiger partial charge in [0, 0.05) is 10.4 Å². The second kappa shape index (κ2) is 7.00. The molecule has 0 radical (unpaired) electrons. The first kappa shape index (κ1) is 19.8. The molecule has 1 aliphatic rings. The minimum atomic E-state index is -1.60. The molecule has 7 heteroatoms. The number of allylic oxidation sites excluding steroid dienone is 1. The number of hydrogen-bond acceptors (Lipinski definition) is 3. The molecule has 1 amide bonds. The fraction of sp³-hybridized carbons (Fsp3) is 0.444. The first-order chi connectivity index (χ1) is 11.5. The number of fused-ring (bicyclic) bond motifs is 1. The molecule has 2 atom stereocenters. The number of benzene rings is 1. The SMILES string of the molecule is C=CC[C@H]1Cc2cc(Cl)c(Br)cc2[C@@]1(NC(=O)OC(C)(C)C)C(=O)O. The van der Waals surface area contributed by atoms with Crippen LogP contribution in [-0.4, -0.2) is 22.8 Å². The number of amides is 1. The van der Waals surface area contributed by atoms with Gasteiger partial charge in [0.25, 0.3) is 0 Å². The van der Waals surface area contributed by atoms with Gasteiger partial charge in [0.2, 0.25) is 0 Å². The van der Waals surface area contributed by atoms with Gasteiger partial charge in [0.05, 0.1) is 5.02 Å². The van der Waals surface area contributed by atoms with Crippen molar-refractivity contribution in [2.24, 2.45) is 5.92 Å². The number of alkyl carbamates (subject to hydrolysis) is 1. The first-order valence-corrected chi connectivity index (χ1v) is 9.02. The molecule has 25 heavy (non-hydrogen) atoms. The maximum Gasteiger partial charge on any atom is 0.408 e. The number of hydrogen-bond donors (Lipinski definition) is 2. The molecule has 2 rings (SSSR count). The number of halogens is 2. The number of ether oxygens (including phenoxy) is 1. The van der Waals surface area contributed by atoms with E-state index in [1.54, 1.807) is 39.0 Å². The van der Waals surface area contributed by atoms with Gasteiger partial charge < -0.3 is 15.2 Å². The van der Waals surface area contributed by atoms with Gasteiger partial charge in [-0.25, -0.2) is 9.59 Å². The summed E-state index contributed by atoms with van der Waals surface area (Å²) in [6, 6.07) is 3.39. The smallest absolute Gasteiger partial charge is 0.408 e. The summed E-state index contributed by atoms with van der Waals surface area (Å²) in [5.74, 6) is -1.53. The topological polar surface area (TPSA) is 75.6 Å². The molecule has 1 aromatic carbocycles. The van der Waals surface area contributed by atoms with Crippen LogP contribution < -0.4 is 5.32 Å². The summed E-state index contributed by atoms with van der Waals surface area (Å²) >= 11 is 9.49. The average molecular weight is 431 g/mol. The number of aliphatic carboxylic acids is 1. The Morgan fingerprint density at radius 2 is 2.16 bits per heavy atom. The zero-order valence-electron chi connectivity index (χ0n) is 14.4. The Hall–Kier alpha value is -1.53. The third-order valence-electron chi connectivity index (χ3n) is 4.14. The van der Waals surface area contributed by atoms with E-state index >= 15 is 0 Å². The first-order valence-electron chi connectivity index (χ1n) is 7.85. The fourth-order valence-corrected chi connectivity index (χ4v) is 3.73. The molecule has 0 saturated carbocycles. The highest BCUT2D eigenvalue weighted by atomic mass is 79.9. The van der Waals surface area contributed by atoms with Gasteiger partial charge >= 0.3 is 12.1 Å². The summed E-state index contributed by atoms with van der Waals surface area (Å²) in [4.78, 5) is 24.7. The van der Waals surface area contributed by atoms with Crippen LogP contribution in [0.3, 0.4) is 0 Å². The average Bonchev–Trinajstić information content (AvgIpc) is 2.72. The molecule has 0 fully saturated rings. The molecule has 0 spiro atoms. The Balaban J connectivity index is 2.56. The van der Waals surface area contributed by atoms with Crippen LogP contribution in [0.5, 0.6) is 0 Å². The van der Waals surface area contributed by atoms with Gasteiger partial charge in [-0.05, 0) is 72.8 Å². The molecule has 136 valence electrons. The van der Waals surface area contributed by atoms with Gasteiger partial charge in [0.15, 0.2) is 5.54 Å². The summed E-state index contributed by atoms with van der Waals surface area (Å²) in [6.45, 7) is 8.88. The molecule has 0 aromatic heterocycles. The molecular weight excluding hydrogens is 410 g/mol. The van der Waals surface area contributed by atoms with E-state index in [0.29, 0.717) is 27.9 Å². The van der Waals surface area contributed by atoms with Crippen LogP contribution in [0.15, 0.2) is 29.3 Å². The van der Waals surface area contributed by atoms with Crippen LogP contribution >= 0.6 is 27.5 Å². The summed E-state index contributed by atoms with van der Waals surface area (Å²) in [7, 11) is 0. The second-order valence-corrected chi connectivity index (χ2v) is 8.35. The van der Waals surface area contributed by atoms with Crippen molar-refractivity contribution in [3.05, 3.63) is 45.4 Å². The maximum absolute atomic E-state index is 12.4. The van der Waals surface area contributed by atoms with Gasteiger partial charge in [-0.2, -0.15) is 0 Å². The van der Waals surface area contributed by atoms with Gasteiger partial charge in [-0.3, -0.25) is 0 Å². The van der Waals surface area contributed by atoms with Crippen molar-refractivity contribution in [3.8, 4) is 0 Å². The van der Waals surface area contributed by atoms with E-state index in [0.717, 1.165) is 5.56 Å². The number of carbonyl (C=O) groups excluding carboxylic acids is 1. The Bertz CT molecular complexity index is 729. The number of rotatable bonds is 4. The van der Waals surface area contributed by atoms with Crippen molar-refractivity contribution in [2.75, 3.05) is 0 Å². The number of nitrogens with one attached hydrogen (secondary N) is 1. The van der Waals surface area contributed by atoms with E-state index in [1.165, 1.54) is 0 Å². The van der Waals surface area contributed by atoms with Gasteiger partial charge in [-0.15, -0.1) is 6.58 Å². The zero-order valence-corrected chi connectivity index (χ0v) is 16.7. The normalized spacial score (nSPS) is 22.2. The van der Waals surface area contributed by atoms with E-state index in [-0.39, 0.29) is 0 Å². The van der Waals surface area contributed by atoms with E-state index in [9.17, 15) is 14.7 Å². The van der Waals surface area contributed by atoms with Crippen LogP contribution in [0.1, 0.15) is 38.3 Å². The molecule has 5 nitrogen and oxygen atoms in total. The summed E-state index contributed by atoms with van der Waals surface area (Å²) < 4.78 is 5.87. The highest BCUT2D eigenvalue weighted by Crippen LogP contribution is 2.46. The van der Waals surface area contributed by atoms with Crippen LogP contribution in [0.4, 0.5) is 4.79 Å². The molecule has 0 bridgehead atoms. The monoisotopic (exact) mass is 429 g/mol. The van der Waals surface area contributed by atoms with Gasteiger partial charge in [0.1, 0.15) is 5.60 Å². The largest absolute Gasteiger partial charge is 0.479 e. The summed E-state index contributed by atoms with van der Waals surface area (Å²) in [5.41, 5.74) is -1.04. The number of carbonyl (C=O) groups is 2. The second-order valence-electron chi connectivity index (χ2n) is 7.09. The highest BCUT2D eigenvalue weighted by molar-refractivity contribution is 9.10. The lowest BCUT2D eigenvalue weighted by molar-refractivity contribution is -0.147. The molecule has 0 saturated heterocycles. The molecule has 0 heterocycles. The Morgan fingerprint density at radius 3 is 2.68 bits per heavy atom. The van der Waals surface area contributed by atoms with Crippen molar-refractivity contribution in [1.82, 2.24) is 5.32 Å². The van der Waals surface area contributed by atoms with E-state index in [2.05, 4.69) is 27.8 Å². The van der Waals surface area contributed by atoms with Crippen LogP contribution in [0, 0.1) is 5.92 Å². The van der Waals surface area contributed by atoms with E-state index in [4.69, 9.17) is 16.3 Å². The molecule has 1 aliphatic carbocycles. The minimum Gasteiger partial charge on any atom is -0.479 e. The Morgan fingerprint density at radius 1 is 1.52 bits per heavy atom. The quantitative estimate of drug-likeness (QED) is 0.681. The number of carboxylic acids is 1. The van der Waals surface area contributed by atoms with Crippen molar-refractivity contribution >= 4 is 39.6 Å². The third kappa shape index (κ3) is 3.85. The van der Waals surface area contributed by atoms with Crippen molar-refractivity contribution < 1.29 is 19.4 Å². The van der Waals surface area contributed by atoms with Crippen molar-refractivity contribution in [3.63, 3.8) is 0 Å². The third-order valence-corrected chi connectivity index (χ3v) is 5.33. The lowest BCUT2D eigenvalue weighted by Gasteiger charge is -2.34. The Kier molecular flexibility index (Phi) is 5.54. The Labute approximate surface area is 160 Å². The predicted octanol–water partition coefficient (Wildman–Crippen LogP) is 4.66.